The van der Waals surface area contributed by atoms with E-state index in [1.807, 2.05) is 71.0 Å². The van der Waals surface area contributed by atoms with E-state index >= 15 is 0 Å². The van der Waals surface area contributed by atoms with E-state index in [1.165, 1.54) is 0 Å². The van der Waals surface area contributed by atoms with Crippen LogP contribution in [0.25, 0.3) is 10.9 Å². The zero-order valence-corrected chi connectivity index (χ0v) is 30.4. The van der Waals surface area contributed by atoms with Gasteiger partial charge in [-0.25, -0.2) is 14.4 Å². The van der Waals surface area contributed by atoms with E-state index in [4.69, 9.17) is 25.8 Å². The van der Waals surface area contributed by atoms with Crippen LogP contribution >= 0.6 is 27.5 Å². The average molecular weight is 745 g/mol. The first-order valence-corrected chi connectivity index (χ1v) is 17.8. The summed E-state index contributed by atoms with van der Waals surface area (Å²) in [5.41, 5.74) is 0.663. The molecule has 0 saturated carbocycles. The number of hydrogen-bond donors (Lipinski definition) is 0. The van der Waals surface area contributed by atoms with Gasteiger partial charge >= 0.3 is 17.9 Å². The molecule has 13 heteroatoms. The van der Waals surface area contributed by atoms with E-state index in [0.29, 0.717) is 65.8 Å². The van der Waals surface area contributed by atoms with Crippen LogP contribution in [-0.4, -0.2) is 82.0 Å². The SMILES string of the molecule is C[C@H]1CN(c2nc(=O)n3c4c(c(Br)c(Cl)cc24)OC[C@H]3CC2CCN(C(=O)OCc3ccccc3)CC2)[C@@H](C)CN1C(=O)OC(C)(C)C. The maximum absolute atomic E-state index is 14.0. The van der Waals surface area contributed by atoms with Gasteiger partial charge in [-0.1, -0.05) is 41.9 Å². The molecule has 2 fully saturated rings. The number of halogens is 2. The third-order valence-electron chi connectivity index (χ3n) is 9.39. The highest BCUT2D eigenvalue weighted by Gasteiger charge is 2.38. The molecule has 0 radical (unpaired) electrons. The maximum atomic E-state index is 14.0. The monoisotopic (exact) mass is 743 g/mol. The standard InChI is InChI=1S/C35H43BrClN5O6/c1-21-18-41(34(45)48-35(3,4)5)22(2)17-40(21)31-26-16-27(37)28(36)30-29(26)42(32(43)38-31)25(20-46-30)15-23-11-13-39(14-12-23)33(44)47-19-24-9-7-6-8-10-24/h6-10,16,21-23,25H,11-15,17-20H2,1-5H3/t21-,22-,25+/m0/s1. The van der Waals surface area contributed by atoms with Crippen molar-refractivity contribution in [3.05, 3.63) is 61.9 Å². The molecule has 6 rings (SSSR count). The summed E-state index contributed by atoms with van der Waals surface area (Å²) in [7, 11) is 0. The summed E-state index contributed by atoms with van der Waals surface area (Å²) in [6.45, 7) is 12.2. The Bertz CT molecular complexity index is 1740. The Balaban J connectivity index is 1.20. The molecule has 1 aromatic heterocycles. The number of rotatable bonds is 5. The molecule has 4 heterocycles. The Morgan fingerprint density at radius 3 is 2.46 bits per heavy atom. The second-order valence-electron chi connectivity index (χ2n) is 14.1. The fourth-order valence-corrected chi connectivity index (χ4v) is 7.57. The molecule has 2 aromatic carbocycles. The molecule has 2 saturated heterocycles. The van der Waals surface area contributed by atoms with Gasteiger partial charge in [0.25, 0.3) is 0 Å². The maximum Gasteiger partial charge on any atom is 0.410 e. The van der Waals surface area contributed by atoms with Crippen molar-refractivity contribution in [3.8, 4) is 5.75 Å². The molecule has 0 aliphatic carbocycles. The van der Waals surface area contributed by atoms with Crippen LogP contribution in [0, 0.1) is 5.92 Å². The fraction of sp³-hybridized carbons (Fsp3) is 0.543. The second-order valence-corrected chi connectivity index (χ2v) is 15.3. The molecule has 3 aliphatic rings. The minimum absolute atomic E-state index is 0.144. The molecule has 3 aliphatic heterocycles. The number of hydrogen-bond acceptors (Lipinski definition) is 8. The van der Waals surface area contributed by atoms with Gasteiger partial charge in [-0.3, -0.25) is 4.57 Å². The van der Waals surface area contributed by atoms with Gasteiger partial charge in [-0.2, -0.15) is 4.98 Å². The lowest BCUT2D eigenvalue weighted by Crippen LogP contribution is -2.59. The van der Waals surface area contributed by atoms with Crippen molar-refractivity contribution < 1.29 is 23.8 Å². The summed E-state index contributed by atoms with van der Waals surface area (Å²) < 4.78 is 19.9. The molecule has 3 atom stereocenters. The first-order valence-electron chi connectivity index (χ1n) is 16.6. The van der Waals surface area contributed by atoms with Crippen molar-refractivity contribution in [2.45, 2.75) is 84.2 Å². The van der Waals surface area contributed by atoms with Crippen molar-refractivity contribution in [1.82, 2.24) is 19.4 Å². The van der Waals surface area contributed by atoms with Crippen LogP contribution in [0.15, 0.2) is 45.7 Å². The van der Waals surface area contributed by atoms with E-state index in [2.05, 4.69) is 25.8 Å². The summed E-state index contributed by atoms with van der Waals surface area (Å²) in [6.07, 6.45) is 1.65. The molecule has 0 bridgehead atoms. The van der Waals surface area contributed by atoms with Gasteiger partial charge in [-0.05, 0) is 87.4 Å². The Kier molecular flexibility index (Phi) is 9.86. The molecule has 0 spiro atoms. The molecular weight excluding hydrogens is 702 g/mol. The number of benzene rings is 2. The predicted molar refractivity (Wildman–Crippen MR) is 188 cm³/mol. The van der Waals surface area contributed by atoms with E-state index < -0.39 is 5.60 Å². The molecule has 0 N–H and O–H groups in total. The topological polar surface area (TPSA) is 106 Å². The number of amides is 2. The number of piperazine rings is 1. The van der Waals surface area contributed by atoms with Crippen LogP contribution in [-0.2, 0) is 16.1 Å². The highest BCUT2D eigenvalue weighted by molar-refractivity contribution is 9.10. The fourth-order valence-electron chi connectivity index (χ4n) is 6.96. The largest absolute Gasteiger partial charge is 0.488 e. The number of aromatic nitrogens is 2. The van der Waals surface area contributed by atoms with Crippen LogP contribution in [0.3, 0.4) is 0 Å². The van der Waals surface area contributed by atoms with Crippen molar-refractivity contribution in [1.29, 1.82) is 0 Å². The third kappa shape index (κ3) is 7.10. The lowest BCUT2D eigenvalue weighted by molar-refractivity contribution is 0.0130. The number of likely N-dealkylation sites (tertiary alicyclic amines) is 1. The number of piperidine rings is 1. The normalized spacial score (nSPS) is 21.6. The minimum Gasteiger partial charge on any atom is -0.488 e. The van der Waals surface area contributed by atoms with Crippen LogP contribution in [0.4, 0.5) is 15.4 Å². The number of ether oxygens (including phenoxy) is 3. The summed E-state index contributed by atoms with van der Waals surface area (Å²) in [4.78, 5) is 50.0. The first-order chi connectivity index (χ1) is 22.8. The molecular formula is C35H43BrClN5O6. The Labute approximate surface area is 294 Å². The first kappa shape index (κ1) is 34.4. The number of anilines is 1. The van der Waals surface area contributed by atoms with Gasteiger partial charge in [0.2, 0.25) is 0 Å². The highest BCUT2D eigenvalue weighted by Crippen LogP contribution is 2.45. The van der Waals surface area contributed by atoms with Crippen LogP contribution in [0.1, 0.15) is 65.5 Å². The molecule has 2 amide bonds. The van der Waals surface area contributed by atoms with Crippen molar-refractivity contribution >= 4 is 56.4 Å². The van der Waals surface area contributed by atoms with Gasteiger partial charge in [0.1, 0.15) is 30.1 Å². The molecule has 11 nitrogen and oxygen atoms in total. The number of nitrogens with zero attached hydrogens (tertiary/aromatic N) is 5. The summed E-state index contributed by atoms with van der Waals surface area (Å²) >= 11 is 10.3. The van der Waals surface area contributed by atoms with Gasteiger partial charge < -0.3 is 28.9 Å². The summed E-state index contributed by atoms with van der Waals surface area (Å²) in [5.74, 6) is 1.34. The average Bonchev–Trinajstić information content (AvgIpc) is 3.04. The van der Waals surface area contributed by atoms with E-state index in [1.54, 1.807) is 14.4 Å². The molecule has 48 heavy (non-hydrogen) atoms. The van der Waals surface area contributed by atoms with Crippen LogP contribution < -0.4 is 15.3 Å². The number of carbonyl (C=O) groups is 2. The van der Waals surface area contributed by atoms with Crippen LogP contribution in [0.2, 0.25) is 5.02 Å². The van der Waals surface area contributed by atoms with Crippen molar-refractivity contribution in [2.75, 3.05) is 37.7 Å². The Morgan fingerprint density at radius 2 is 1.77 bits per heavy atom. The predicted octanol–water partition coefficient (Wildman–Crippen LogP) is 7.02. The molecule has 258 valence electrons. The number of carbonyl (C=O) groups excluding carboxylic acids is 2. The zero-order valence-electron chi connectivity index (χ0n) is 28.1. The van der Waals surface area contributed by atoms with E-state index in [-0.39, 0.29) is 48.5 Å². The zero-order chi connectivity index (χ0) is 34.3. The molecule has 0 unspecified atom stereocenters. The third-order valence-corrected chi connectivity index (χ3v) is 10.7. The minimum atomic E-state index is -0.602. The van der Waals surface area contributed by atoms with Gasteiger partial charge in [0.05, 0.1) is 15.5 Å². The lowest BCUT2D eigenvalue weighted by Gasteiger charge is -2.45. The Hall–Kier alpha value is -3.51. The van der Waals surface area contributed by atoms with Crippen molar-refractivity contribution in [2.24, 2.45) is 5.92 Å². The van der Waals surface area contributed by atoms with Gasteiger partial charge in [0, 0.05) is 43.6 Å². The molecule has 3 aromatic rings. The van der Waals surface area contributed by atoms with Gasteiger partial charge in [-0.15, -0.1) is 0 Å². The van der Waals surface area contributed by atoms with E-state index in [9.17, 15) is 14.4 Å². The lowest BCUT2D eigenvalue weighted by atomic mass is 9.90. The summed E-state index contributed by atoms with van der Waals surface area (Å²) in [6, 6.07) is 10.9. The van der Waals surface area contributed by atoms with E-state index in [0.717, 1.165) is 23.8 Å². The Morgan fingerprint density at radius 1 is 1.06 bits per heavy atom. The summed E-state index contributed by atoms with van der Waals surface area (Å²) in [5, 5.41) is 1.19. The highest BCUT2D eigenvalue weighted by atomic mass is 79.9. The van der Waals surface area contributed by atoms with Crippen LogP contribution in [0.5, 0.6) is 5.75 Å². The quantitative estimate of drug-likeness (QED) is 0.275. The van der Waals surface area contributed by atoms with Crippen molar-refractivity contribution in [3.63, 3.8) is 0 Å². The van der Waals surface area contributed by atoms with Gasteiger partial charge in [0.15, 0.2) is 5.75 Å². The smallest absolute Gasteiger partial charge is 0.410 e. The second kappa shape index (κ2) is 13.8.